The monoisotopic (exact) mass is 376 g/mol. The average molecular weight is 376 g/mol. The lowest BCUT2D eigenvalue weighted by Crippen LogP contribution is -2.60. The van der Waals surface area contributed by atoms with Crippen LogP contribution in [-0.2, 0) is 47.5 Å². The maximum absolute atomic E-state index is 11.6. The standard InChI is InChI=1S/C16H24O10/c1-6-21-16(5)25-14-13(23-10(4)19)12(22-9(3)18)11(7-20-8(2)17)24-15(14)26-16/h11-15H,6-7H2,1-5H3/t11-,12-,13+,14-,15+,16?/m1/s1. The van der Waals surface area contributed by atoms with Crippen LogP contribution in [0.25, 0.3) is 0 Å². The van der Waals surface area contributed by atoms with E-state index in [0.29, 0.717) is 6.61 Å². The Morgan fingerprint density at radius 3 is 2.12 bits per heavy atom. The Labute approximate surface area is 150 Å². The van der Waals surface area contributed by atoms with E-state index in [9.17, 15) is 14.4 Å². The molecule has 0 N–H and O–H groups in total. The van der Waals surface area contributed by atoms with Crippen molar-refractivity contribution in [2.75, 3.05) is 13.2 Å². The minimum absolute atomic E-state index is 0.219. The third kappa shape index (κ3) is 4.91. The van der Waals surface area contributed by atoms with Crippen LogP contribution in [0.3, 0.4) is 0 Å². The summed E-state index contributed by atoms with van der Waals surface area (Å²) in [5.74, 6) is -3.18. The average Bonchev–Trinajstić information content (AvgIpc) is 2.83. The molecule has 2 fully saturated rings. The number of hydrogen-bond acceptors (Lipinski definition) is 10. The molecule has 0 spiro atoms. The van der Waals surface area contributed by atoms with Gasteiger partial charge in [0.1, 0.15) is 12.7 Å². The van der Waals surface area contributed by atoms with Gasteiger partial charge in [-0.25, -0.2) is 0 Å². The van der Waals surface area contributed by atoms with Crippen molar-refractivity contribution in [3.05, 3.63) is 0 Å². The maximum Gasteiger partial charge on any atom is 0.303 e. The highest BCUT2D eigenvalue weighted by molar-refractivity contribution is 5.67. The number of carbonyl (C=O) groups excluding carboxylic acids is 3. The number of rotatable bonds is 6. The van der Waals surface area contributed by atoms with Crippen LogP contribution in [0.2, 0.25) is 0 Å². The van der Waals surface area contributed by atoms with Crippen LogP contribution in [0, 0.1) is 0 Å². The predicted molar refractivity (Wildman–Crippen MR) is 82.4 cm³/mol. The second kappa shape index (κ2) is 8.30. The molecule has 0 aromatic rings. The first-order valence-corrected chi connectivity index (χ1v) is 8.28. The first-order chi connectivity index (χ1) is 12.1. The molecule has 2 rings (SSSR count). The Kier molecular flexibility index (Phi) is 6.56. The van der Waals surface area contributed by atoms with Crippen LogP contribution in [0.15, 0.2) is 0 Å². The van der Waals surface area contributed by atoms with Crippen molar-refractivity contribution in [1.29, 1.82) is 0 Å². The summed E-state index contributed by atoms with van der Waals surface area (Å²) in [6.07, 6.45) is -4.86. The normalized spacial score (nSPS) is 36.1. The Bertz CT molecular complexity index is 549. The van der Waals surface area contributed by atoms with Crippen molar-refractivity contribution in [1.82, 2.24) is 0 Å². The molecule has 2 saturated heterocycles. The van der Waals surface area contributed by atoms with Crippen molar-refractivity contribution in [2.45, 2.75) is 71.3 Å². The van der Waals surface area contributed by atoms with Gasteiger partial charge in [0.15, 0.2) is 24.6 Å². The van der Waals surface area contributed by atoms with Gasteiger partial charge in [0.05, 0.1) is 0 Å². The fraction of sp³-hybridized carbons (Fsp3) is 0.812. The lowest BCUT2D eigenvalue weighted by atomic mass is 9.98. The minimum Gasteiger partial charge on any atom is -0.463 e. The van der Waals surface area contributed by atoms with Gasteiger partial charge in [0.2, 0.25) is 0 Å². The quantitative estimate of drug-likeness (QED) is 0.472. The third-order valence-corrected chi connectivity index (χ3v) is 3.73. The zero-order valence-electron chi connectivity index (χ0n) is 15.4. The molecule has 0 amide bonds. The highest BCUT2D eigenvalue weighted by atomic mass is 16.9. The fourth-order valence-corrected chi connectivity index (χ4v) is 2.91. The summed E-state index contributed by atoms with van der Waals surface area (Å²) in [5, 5.41) is 0. The van der Waals surface area contributed by atoms with Gasteiger partial charge in [0, 0.05) is 34.3 Å². The first kappa shape index (κ1) is 20.6. The lowest BCUT2D eigenvalue weighted by Gasteiger charge is -2.40. The highest BCUT2D eigenvalue weighted by Crippen LogP contribution is 2.39. The molecule has 6 atom stereocenters. The molecule has 10 heteroatoms. The summed E-state index contributed by atoms with van der Waals surface area (Å²) >= 11 is 0. The smallest absolute Gasteiger partial charge is 0.303 e. The molecule has 148 valence electrons. The van der Waals surface area contributed by atoms with Crippen molar-refractivity contribution in [3.8, 4) is 0 Å². The predicted octanol–water partition coefficient (Wildman–Crippen LogP) is 0.263. The summed E-state index contributed by atoms with van der Waals surface area (Å²) in [4.78, 5) is 34.2. The van der Waals surface area contributed by atoms with Crippen LogP contribution >= 0.6 is 0 Å². The largest absolute Gasteiger partial charge is 0.463 e. The molecule has 2 aliphatic heterocycles. The third-order valence-electron chi connectivity index (χ3n) is 3.73. The van der Waals surface area contributed by atoms with Gasteiger partial charge in [-0.1, -0.05) is 0 Å². The summed E-state index contributed by atoms with van der Waals surface area (Å²) in [7, 11) is 0. The lowest BCUT2D eigenvalue weighted by molar-refractivity contribution is -0.342. The summed E-state index contributed by atoms with van der Waals surface area (Å²) < 4.78 is 38.2. The van der Waals surface area contributed by atoms with E-state index in [1.54, 1.807) is 13.8 Å². The van der Waals surface area contributed by atoms with Gasteiger partial charge >= 0.3 is 17.9 Å². The molecule has 0 aromatic heterocycles. The van der Waals surface area contributed by atoms with Gasteiger partial charge < -0.3 is 28.4 Å². The van der Waals surface area contributed by atoms with Crippen molar-refractivity contribution in [2.24, 2.45) is 0 Å². The van der Waals surface area contributed by atoms with E-state index in [4.69, 9.17) is 33.2 Å². The Morgan fingerprint density at radius 1 is 0.962 bits per heavy atom. The number of carbonyl (C=O) groups is 3. The van der Waals surface area contributed by atoms with E-state index in [1.165, 1.54) is 20.8 Å². The van der Waals surface area contributed by atoms with Gasteiger partial charge in [0.25, 0.3) is 5.97 Å². The molecule has 10 nitrogen and oxygen atoms in total. The van der Waals surface area contributed by atoms with Crippen LogP contribution < -0.4 is 0 Å². The minimum atomic E-state index is -1.42. The molecule has 2 aliphatic rings. The van der Waals surface area contributed by atoms with Crippen LogP contribution in [0.4, 0.5) is 0 Å². The van der Waals surface area contributed by atoms with Crippen molar-refractivity contribution >= 4 is 17.9 Å². The van der Waals surface area contributed by atoms with Crippen LogP contribution in [0.1, 0.15) is 34.6 Å². The highest BCUT2D eigenvalue weighted by Gasteiger charge is 2.59. The number of ether oxygens (including phenoxy) is 7. The molecular formula is C16H24O10. The molecule has 2 heterocycles. The van der Waals surface area contributed by atoms with Gasteiger partial charge in [-0.3, -0.25) is 19.1 Å². The Balaban J connectivity index is 2.29. The van der Waals surface area contributed by atoms with E-state index in [2.05, 4.69) is 0 Å². The van der Waals surface area contributed by atoms with E-state index in [-0.39, 0.29) is 6.61 Å². The molecule has 0 radical (unpaired) electrons. The maximum atomic E-state index is 11.6. The topological polar surface area (TPSA) is 116 Å². The number of fused-ring (bicyclic) bond motifs is 1. The zero-order valence-corrected chi connectivity index (χ0v) is 15.4. The second-order valence-corrected chi connectivity index (χ2v) is 5.99. The fourth-order valence-electron chi connectivity index (χ4n) is 2.91. The summed E-state index contributed by atoms with van der Waals surface area (Å²) in [6.45, 7) is 7.04. The Morgan fingerprint density at radius 2 is 1.58 bits per heavy atom. The summed E-state index contributed by atoms with van der Waals surface area (Å²) in [5.41, 5.74) is 0. The molecule has 0 aromatic carbocycles. The number of esters is 3. The molecule has 0 aliphatic carbocycles. The van der Waals surface area contributed by atoms with Gasteiger partial charge in [-0.15, -0.1) is 0 Å². The zero-order chi connectivity index (χ0) is 19.5. The van der Waals surface area contributed by atoms with E-state index in [0.717, 1.165) is 0 Å². The number of hydrogen-bond donors (Lipinski definition) is 0. The van der Waals surface area contributed by atoms with E-state index in [1.807, 2.05) is 0 Å². The second-order valence-electron chi connectivity index (χ2n) is 5.99. The van der Waals surface area contributed by atoms with Crippen molar-refractivity contribution < 1.29 is 47.5 Å². The van der Waals surface area contributed by atoms with Crippen LogP contribution in [-0.4, -0.2) is 67.8 Å². The summed E-state index contributed by atoms with van der Waals surface area (Å²) in [6, 6.07) is 0. The molecule has 1 unspecified atom stereocenters. The molecule has 0 bridgehead atoms. The molecular weight excluding hydrogens is 352 g/mol. The van der Waals surface area contributed by atoms with E-state index < -0.39 is 54.6 Å². The Hall–Kier alpha value is -1.75. The van der Waals surface area contributed by atoms with Crippen LogP contribution in [0.5, 0.6) is 0 Å². The SMILES string of the molecule is CCOC1(C)O[C@@H]2O[C@H](COC(C)=O)[C@@H](OC(C)=O)[C@H](OC(C)=O)[C@H]2O1. The first-order valence-electron chi connectivity index (χ1n) is 8.28. The molecule has 0 saturated carbocycles. The van der Waals surface area contributed by atoms with Gasteiger partial charge in [-0.2, -0.15) is 0 Å². The van der Waals surface area contributed by atoms with Crippen molar-refractivity contribution in [3.63, 3.8) is 0 Å². The van der Waals surface area contributed by atoms with Gasteiger partial charge in [-0.05, 0) is 6.92 Å². The molecule has 26 heavy (non-hydrogen) atoms. The van der Waals surface area contributed by atoms with E-state index >= 15 is 0 Å².